The lowest BCUT2D eigenvalue weighted by Gasteiger charge is -2.34. The van der Waals surface area contributed by atoms with Crippen LogP contribution in [0.4, 0.5) is 5.82 Å². The Morgan fingerprint density at radius 3 is 2.32 bits per heavy atom. The Labute approximate surface area is 164 Å². The smallest absolute Gasteiger partial charge is 0.230 e. The largest absolute Gasteiger partial charge is 0.492 e. The molecule has 0 saturated carbocycles. The van der Waals surface area contributed by atoms with Crippen molar-refractivity contribution in [1.82, 2.24) is 9.88 Å². The van der Waals surface area contributed by atoms with Crippen LogP contribution in [0.3, 0.4) is 0 Å². The molecule has 2 aromatic rings. The maximum absolute atomic E-state index is 13.1. The molecule has 1 saturated heterocycles. The van der Waals surface area contributed by atoms with Gasteiger partial charge in [-0.1, -0.05) is 30.3 Å². The van der Waals surface area contributed by atoms with Crippen LogP contribution in [-0.4, -0.2) is 61.8 Å². The highest BCUT2D eigenvalue weighted by Gasteiger charge is 2.35. The van der Waals surface area contributed by atoms with Gasteiger partial charge in [-0.05, 0) is 31.2 Å². The van der Waals surface area contributed by atoms with E-state index >= 15 is 0 Å². The van der Waals surface area contributed by atoms with E-state index in [-0.39, 0.29) is 23.0 Å². The Hall–Kier alpha value is -2.99. The first-order valence-electron chi connectivity index (χ1n) is 9.39. The number of rotatable bonds is 3. The molecule has 0 amide bonds. The van der Waals surface area contributed by atoms with Crippen molar-refractivity contribution >= 4 is 17.4 Å². The number of ether oxygens (including phenoxy) is 1. The van der Waals surface area contributed by atoms with E-state index in [9.17, 15) is 9.59 Å². The number of methoxy groups -OCH3 is 1. The molecule has 0 N–H and O–H groups in total. The van der Waals surface area contributed by atoms with Gasteiger partial charge in [0.2, 0.25) is 11.6 Å². The molecule has 1 aliphatic carbocycles. The van der Waals surface area contributed by atoms with Gasteiger partial charge in [-0.2, -0.15) is 0 Å². The summed E-state index contributed by atoms with van der Waals surface area (Å²) in [5.74, 6) is 0.301. The van der Waals surface area contributed by atoms with Gasteiger partial charge < -0.3 is 14.5 Å². The molecule has 6 nitrogen and oxygen atoms in total. The number of piperazine rings is 1. The highest BCUT2D eigenvalue weighted by atomic mass is 16.5. The van der Waals surface area contributed by atoms with Crippen molar-refractivity contribution in [2.45, 2.75) is 6.92 Å². The fraction of sp³-hybridized carbons (Fsp3) is 0.318. The van der Waals surface area contributed by atoms with Crippen LogP contribution >= 0.6 is 0 Å². The van der Waals surface area contributed by atoms with Crippen molar-refractivity contribution < 1.29 is 14.3 Å². The van der Waals surface area contributed by atoms with Crippen LogP contribution in [0.2, 0.25) is 0 Å². The van der Waals surface area contributed by atoms with Crippen LogP contribution in [0, 0.1) is 0 Å². The van der Waals surface area contributed by atoms with Crippen LogP contribution in [-0.2, 0) is 4.74 Å². The molecule has 2 heterocycles. The molecule has 0 atom stereocenters. The average Bonchev–Trinajstić information content (AvgIpc) is 2.73. The van der Waals surface area contributed by atoms with Gasteiger partial charge in [-0.15, -0.1) is 0 Å². The standard InChI is InChI=1S/C22H23N3O3/c1-14-20(26)19-18(21(27)22(14)28-3)16(15-7-5-4-6-8-15)13-17(23-19)25-11-9-24(2)10-12-25/h4-8,13H,9-12H2,1-3H3. The molecule has 144 valence electrons. The van der Waals surface area contributed by atoms with E-state index in [0.717, 1.165) is 43.1 Å². The number of nitrogens with zero attached hydrogens (tertiary/aromatic N) is 3. The lowest BCUT2D eigenvalue weighted by atomic mass is 9.87. The number of ketones is 2. The van der Waals surface area contributed by atoms with E-state index in [2.05, 4.69) is 21.8 Å². The summed E-state index contributed by atoms with van der Waals surface area (Å²) in [5.41, 5.74) is 2.46. The third-order valence-corrected chi connectivity index (χ3v) is 5.45. The number of carbonyl (C=O) groups excluding carboxylic acids is 2. The number of allylic oxidation sites excluding steroid dienone is 2. The van der Waals surface area contributed by atoms with Gasteiger partial charge in [-0.25, -0.2) is 4.98 Å². The molecule has 1 fully saturated rings. The van der Waals surface area contributed by atoms with Crippen LogP contribution in [0.25, 0.3) is 11.1 Å². The van der Waals surface area contributed by atoms with Gasteiger partial charge in [0, 0.05) is 31.8 Å². The third-order valence-electron chi connectivity index (χ3n) is 5.45. The van der Waals surface area contributed by atoms with Crippen LogP contribution in [0.1, 0.15) is 27.8 Å². The molecule has 0 unspecified atom stereocenters. The maximum Gasteiger partial charge on any atom is 0.230 e. The Bertz CT molecular complexity index is 974. The van der Waals surface area contributed by atoms with Crippen LogP contribution in [0.15, 0.2) is 47.7 Å². The summed E-state index contributed by atoms with van der Waals surface area (Å²) in [6.45, 7) is 5.14. The molecule has 4 rings (SSSR count). The van der Waals surface area contributed by atoms with Crippen molar-refractivity contribution in [3.63, 3.8) is 0 Å². The van der Waals surface area contributed by atoms with Crippen molar-refractivity contribution in [3.05, 3.63) is 59.0 Å². The van der Waals surface area contributed by atoms with E-state index in [0.29, 0.717) is 11.1 Å². The number of pyridine rings is 1. The Balaban J connectivity index is 1.92. The molecule has 2 aliphatic rings. The van der Waals surface area contributed by atoms with Gasteiger partial charge in [0.1, 0.15) is 11.5 Å². The monoisotopic (exact) mass is 377 g/mol. The Kier molecular flexibility index (Phi) is 4.73. The first-order chi connectivity index (χ1) is 13.5. The number of benzene rings is 1. The SMILES string of the molecule is COC1=C(C)C(=O)c2nc(N3CCN(C)CC3)cc(-c3ccccc3)c2C1=O. The number of fused-ring (bicyclic) bond motifs is 1. The molecule has 1 aromatic heterocycles. The summed E-state index contributed by atoms with van der Waals surface area (Å²) >= 11 is 0. The minimum atomic E-state index is -0.286. The first kappa shape index (κ1) is 18.4. The van der Waals surface area contributed by atoms with E-state index in [1.807, 2.05) is 36.4 Å². The molecule has 1 aromatic carbocycles. The quantitative estimate of drug-likeness (QED) is 0.820. The molecule has 0 bridgehead atoms. The van der Waals surface area contributed by atoms with Crippen molar-refractivity contribution in [2.75, 3.05) is 45.2 Å². The first-order valence-corrected chi connectivity index (χ1v) is 9.39. The number of hydrogen-bond donors (Lipinski definition) is 0. The average molecular weight is 377 g/mol. The van der Waals surface area contributed by atoms with Gasteiger partial charge in [-0.3, -0.25) is 9.59 Å². The molecule has 0 spiro atoms. The number of aromatic nitrogens is 1. The summed E-state index contributed by atoms with van der Waals surface area (Å²) < 4.78 is 5.26. The summed E-state index contributed by atoms with van der Waals surface area (Å²) in [5, 5.41) is 0. The molecular weight excluding hydrogens is 354 g/mol. The second kappa shape index (κ2) is 7.20. The number of hydrogen-bond acceptors (Lipinski definition) is 6. The van der Waals surface area contributed by atoms with Gasteiger partial charge in [0.05, 0.1) is 12.7 Å². The molecule has 1 aliphatic heterocycles. The van der Waals surface area contributed by atoms with E-state index in [1.54, 1.807) is 6.92 Å². The predicted molar refractivity (Wildman–Crippen MR) is 108 cm³/mol. The van der Waals surface area contributed by atoms with Crippen molar-refractivity contribution in [2.24, 2.45) is 0 Å². The Morgan fingerprint density at radius 1 is 1.00 bits per heavy atom. The van der Waals surface area contributed by atoms with Crippen LogP contribution in [0.5, 0.6) is 0 Å². The molecule has 28 heavy (non-hydrogen) atoms. The number of Topliss-reactive ketones (excluding diaryl/α,β-unsaturated/α-hetero) is 2. The number of anilines is 1. The summed E-state index contributed by atoms with van der Waals surface area (Å²) in [6, 6.07) is 11.6. The summed E-state index contributed by atoms with van der Waals surface area (Å²) in [4.78, 5) is 35.2. The lowest BCUT2D eigenvalue weighted by Crippen LogP contribution is -2.45. The third kappa shape index (κ3) is 2.99. The second-order valence-electron chi connectivity index (χ2n) is 7.22. The Morgan fingerprint density at radius 2 is 1.68 bits per heavy atom. The molecule has 6 heteroatoms. The zero-order valence-electron chi connectivity index (χ0n) is 16.4. The minimum Gasteiger partial charge on any atom is -0.492 e. The summed E-state index contributed by atoms with van der Waals surface area (Å²) in [6.07, 6.45) is 0. The predicted octanol–water partition coefficient (Wildman–Crippen LogP) is 2.80. The van der Waals surface area contributed by atoms with E-state index < -0.39 is 0 Å². The zero-order chi connectivity index (χ0) is 19.8. The number of carbonyl (C=O) groups is 2. The van der Waals surface area contributed by atoms with E-state index in [4.69, 9.17) is 4.74 Å². The summed E-state index contributed by atoms with van der Waals surface area (Å²) in [7, 11) is 3.51. The van der Waals surface area contributed by atoms with Crippen molar-refractivity contribution in [1.29, 1.82) is 0 Å². The van der Waals surface area contributed by atoms with Crippen molar-refractivity contribution in [3.8, 4) is 11.1 Å². The highest BCUT2D eigenvalue weighted by molar-refractivity contribution is 6.27. The van der Waals surface area contributed by atoms with Crippen LogP contribution < -0.4 is 4.90 Å². The fourth-order valence-electron chi connectivity index (χ4n) is 3.78. The highest BCUT2D eigenvalue weighted by Crippen LogP contribution is 2.36. The normalized spacial score (nSPS) is 17.8. The number of likely N-dealkylation sites (N-methyl/N-ethyl adjacent to an activating group) is 1. The second-order valence-corrected chi connectivity index (χ2v) is 7.22. The van der Waals surface area contributed by atoms with Gasteiger partial charge in [0.15, 0.2) is 5.76 Å². The molecule has 0 radical (unpaired) electrons. The van der Waals surface area contributed by atoms with Gasteiger partial charge in [0.25, 0.3) is 0 Å². The lowest BCUT2D eigenvalue weighted by molar-refractivity contribution is 0.0904. The van der Waals surface area contributed by atoms with E-state index in [1.165, 1.54) is 7.11 Å². The minimum absolute atomic E-state index is 0.101. The molecular formula is C22H23N3O3. The fourth-order valence-corrected chi connectivity index (χ4v) is 3.78. The zero-order valence-corrected chi connectivity index (χ0v) is 16.4. The topological polar surface area (TPSA) is 62.7 Å². The maximum atomic E-state index is 13.1. The van der Waals surface area contributed by atoms with Gasteiger partial charge >= 0.3 is 0 Å².